The van der Waals surface area contributed by atoms with Gasteiger partial charge in [0.15, 0.2) is 0 Å². The van der Waals surface area contributed by atoms with E-state index in [1.807, 2.05) is 48.5 Å². The first-order valence-electron chi connectivity index (χ1n) is 7.40. The van der Waals surface area contributed by atoms with Crippen molar-refractivity contribution in [1.29, 1.82) is 0 Å². The molecule has 0 aliphatic rings. The van der Waals surface area contributed by atoms with E-state index in [0.29, 0.717) is 0 Å². The topological polar surface area (TPSA) is 43.1 Å². The minimum absolute atomic E-state index is 0.118. The molecular weight excluding hydrogens is 338 g/mol. The second kappa shape index (κ2) is 8.04. The van der Waals surface area contributed by atoms with Crippen LogP contribution in [0, 0.1) is 10.1 Å². The van der Waals surface area contributed by atoms with Crippen molar-refractivity contribution in [2.45, 2.75) is 14.4 Å². The Morgan fingerprint density at radius 3 is 1.58 bits per heavy atom. The van der Waals surface area contributed by atoms with E-state index in [1.54, 1.807) is 35.7 Å². The van der Waals surface area contributed by atoms with Crippen molar-refractivity contribution >= 4 is 29.2 Å². The third-order valence-electron chi connectivity index (χ3n) is 3.35. The van der Waals surface area contributed by atoms with Crippen LogP contribution in [0.3, 0.4) is 0 Å². The fraction of sp³-hybridized carbons (Fsp3) is 0.0526. The van der Waals surface area contributed by atoms with Gasteiger partial charge in [-0.05, 0) is 29.8 Å². The van der Waals surface area contributed by atoms with E-state index in [4.69, 9.17) is 0 Å². The maximum Gasteiger partial charge on any atom is 0.269 e. The summed E-state index contributed by atoms with van der Waals surface area (Å²) in [5.41, 5.74) is 1.18. The fourth-order valence-electron chi connectivity index (χ4n) is 2.16. The largest absolute Gasteiger partial charge is 0.269 e. The molecule has 3 aromatic carbocycles. The van der Waals surface area contributed by atoms with Crippen LogP contribution in [0.25, 0.3) is 0 Å². The van der Waals surface area contributed by atoms with Gasteiger partial charge in [0, 0.05) is 21.9 Å². The maximum atomic E-state index is 10.9. The van der Waals surface area contributed by atoms with Gasteiger partial charge in [-0.15, -0.1) is 23.5 Å². The first kappa shape index (κ1) is 16.6. The molecule has 0 unspecified atom stereocenters. The van der Waals surface area contributed by atoms with Crippen LogP contribution in [0.4, 0.5) is 5.69 Å². The zero-order valence-corrected chi connectivity index (χ0v) is 14.4. The Labute approximate surface area is 149 Å². The molecule has 0 aliphatic heterocycles. The van der Waals surface area contributed by atoms with Crippen LogP contribution in [0.1, 0.15) is 10.1 Å². The second-order valence-electron chi connectivity index (χ2n) is 5.04. The number of hydrogen-bond donors (Lipinski definition) is 0. The quantitative estimate of drug-likeness (QED) is 0.230. The summed E-state index contributed by atoms with van der Waals surface area (Å²) in [6.07, 6.45) is 0. The number of rotatable bonds is 6. The van der Waals surface area contributed by atoms with Crippen LogP contribution in [0.5, 0.6) is 0 Å². The molecule has 3 nitrogen and oxygen atoms in total. The average Bonchev–Trinajstić information content (AvgIpc) is 2.63. The lowest BCUT2D eigenvalue weighted by molar-refractivity contribution is -0.384. The van der Waals surface area contributed by atoms with Crippen molar-refractivity contribution in [3.05, 3.63) is 101 Å². The number of hydrogen-bond acceptors (Lipinski definition) is 4. The average molecular weight is 353 g/mol. The predicted octanol–water partition coefficient (Wildman–Crippen LogP) is 6.18. The summed E-state index contributed by atoms with van der Waals surface area (Å²) >= 11 is 3.49. The maximum absolute atomic E-state index is 10.9. The Morgan fingerprint density at radius 2 is 1.17 bits per heavy atom. The van der Waals surface area contributed by atoms with E-state index < -0.39 is 0 Å². The van der Waals surface area contributed by atoms with Crippen LogP contribution >= 0.6 is 23.5 Å². The van der Waals surface area contributed by atoms with Crippen molar-refractivity contribution in [1.82, 2.24) is 0 Å². The molecule has 0 aliphatic carbocycles. The highest BCUT2D eigenvalue weighted by Crippen LogP contribution is 2.47. The van der Waals surface area contributed by atoms with Gasteiger partial charge in [0.05, 0.1) is 9.51 Å². The molecule has 5 heteroatoms. The second-order valence-corrected chi connectivity index (χ2v) is 7.70. The van der Waals surface area contributed by atoms with Gasteiger partial charge in [0.25, 0.3) is 5.69 Å². The number of nitrogens with zero attached hydrogens (tertiary/aromatic N) is 1. The van der Waals surface area contributed by atoms with E-state index in [1.165, 1.54) is 9.79 Å². The van der Waals surface area contributed by atoms with Gasteiger partial charge >= 0.3 is 0 Å². The number of benzene rings is 3. The van der Waals surface area contributed by atoms with Gasteiger partial charge in [0.2, 0.25) is 0 Å². The van der Waals surface area contributed by atoms with Crippen molar-refractivity contribution in [3.63, 3.8) is 0 Å². The number of nitro benzene ring substituents is 1. The molecule has 0 atom stereocenters. The number of thioether (sulfide) groups is 2. The Bertz CT molecular complexity index is 751. The highest BCUT2D eigenvalue weighted by molar-refractivity contribution is 8.16. The van der Waals surface area contributed by atoms with Crippen LogP contribution in [-0.2, 0) is 0 Å². The smallest absolute Gasteiger partial charge is 0.258 e. The van der Waals surface area contributed by atoms with E-state index in [9.17, 15) is 10.1 Å². The summed E-state index contributed by atoms with van der Waals surface area (Å²) in [7, 11) is 0. The van der Waals surface area contributed by atoms with Gasteiger partial charge in [-0.1, -0.05) is 48.5 Å². The van der Waals surface area contributed by atoms with Crippen LogP contribution in [0.2, 0.25) is 0 Å². The number of non-ortho nitro benzene ring substituents is 1. The molecule has 0 N–H and O–H groups in total. The summed E-state index contributed by atoms with van der Waals surface area (Å²) in [4.78, 5) is 12.8. The molecule has 0 spiro atoms. The van der Waals surface area contributed by atoms with Crippen LogP contribution in [0.15, 0.2) is 94.7 Å². The third-order valence-corrected chi connectivity index (χ3v) is 5.99. The Morgan fingerprint density at radius 1 is 0.708 bits per heavy atom. The molecule has 3 rings (SSSR count). The molecule has 3 aromatic rings. The van der Waals surface area contributed by atoms with E-state index in [-0.39, 0.29) is 15.2 Å². The number of nitro groups is 1. The lowest BCUT2D eigenvalue weighted by Crippen LogP contribution is -1.92. The fourth-order valence-corrected chi connectivity index (χ4v) is 4.73. The highest BCUT2D eigenvalue weighted by Gasteiger charge is 2.16. The molecule has 0 amide bonds. The zero-order valence-electron chi connectivity index (χ0n) is 12.7. The standard InChI is InChI=1S/C19H15NO2S2/c21-20(22)16-13-11-15(12-14-16)19(23-17-7-3-1-4-8-17)24-18-9-5-2-6-10-18/h1-14,19H. The Balaban J connectivity index is 1.87. The van der Waals surface area contributed by atoms with E-state index in [0.717, 1.165) is 5.56 Å². The van der Waals surface area contributed by atoms with Crippen LogP contribution in [-0.4, -0.2) is 4.92 Å². The lowest BCUT2D eigenvalue weighted by atomic mass is 10.2. The van der Waals surface area contributed by atoms with Crippen molar-refractivity contribution < 1.29 is 4.92 Å². The molecule has 120 valence electrons. The predicted molar refractivity (Wildman–Crippen MR) is 100 cm³/mol. The monoisotopic (exact) mass is 353 g/mol. The molecule has 0 saturated heterocycles. The van der Waals surface area contributed by atoms with Gasteiger partial charge in [0.1, 0.15) is 0 Å². The Kier molecular flexibility index (Phi) is 5.56. The normalized spacial score (nSPS) is 10.7. The van der Waals surface area contributed by atoms with Gasteiger partial charge in [-0.3, -0.25) is 10.1 Å². The molecule has 0 saturated carbocycles. The van der Waals surface area contributed by atoms with E-state index >= 15 is 0 Å². The molecule has 0 bridgehead atoms. The lowest BCUT2D eigenvalue weighted by Gasteiger charge is -2.17. The summed E-state index contributed by atoms with van der Waals surface area (Å²) in [6.45, 7) is 0. The zero-order chi connectivity index (χ0) is 16.8. The van der Waals surface area contributed by atoms with Crippen molar-refractivity contribution in [3.8, 4) is 0 Å². The minimum Gasteiger partial charge on any atom is -0.258 e. The molecule has 0 aromatic heterocycles. The first-order valence-corrected chi connectivity index (χ1v) is 9.16. The molecular formula is C19H15NO2S2. The Hall–Kier alpha value is -2.24. The summed E-state index contributed by atoms with van der Waals surface area (Å²) in [5.74, 6) is 0. The van der Waals surface area contributed by atoms with Crippen LogP contribution < -0.4 is 0 Å². The van der Waals surface area contributed by atoms with Gasteiger partial charge in [-0.2, -0.15) is 0 Å². The van der Waals surface area contributed by atoms with Gasteiger partial charge in [-0.25, -0.2) is 0 Å². The summed E-state index contributed by atoms with van der Waals surface area (Å²) < 4.78 is 0.121. The minimum atomic E-state index is -0.368. The van der Waals surface area contributed by atoms with E-state index in [2.05, 4.69) is 24.3 Å². The molecule has 0 radical (unpaired) electrons. The SMILES string of the molecule is O=[N+]([O-])c1ccc(C(Sc2ccccc2)Sc2ccccc2)cc1. The van der Waals surface area contributed by atoms with Gasteiger partial charge < -0.3 is 0 Å². The summed E-state index contributed by atoms with van der Waals surface area (Å²) in [6, 6.07) is 27.2. The molecule has 0 heterocycles. The first-order chi connectivity index (χ1) is 11.7. The van der Waals surface area contributed by atoms with Crippen molar-refractivity contribution in [2.75, 3.05) is 0 Å². The summed E-state index contributed by atoms with van der Waals surface area (Å²) in [5, 5.41) is 10.9. The molecule has 0 fully saturated rings. The third kappa shape index (κ3) is 4.40. The molecule has 24 heavy (non-hydrogen) atoms. The highest BCUT2D eigenvalue weighted by atomic mass is 32.2. The van der Waals surface area contributed by atoms with Crippen molar-refractivity contribution in [2.24, 2.45) is 0 Å².